The first kappa shape index (κ1) is 18.3. The predicted octanol–water partition coefficient (Wildman–Crippen LogP) is 1.28. The molecule has 3 aliphatic heterocycles. The van der Waals surface area contributed by atoms with E-state index in [1.54, 1.807) is 21.3 Å². The van der Waals surface area contributed by atoms with E-state index in [2.05, 4.69) is 0 Å². The number of aliphatic imine (C=N–C) groups is 1. The van der Waals surface area contributed by atoms with Gasteiger partial charge in [-0.05, 0) is 31.2 Å². The third-order valence-corrected chi connectivity index (χ3v) is 5.24. The molecule has 3 heterocycles. The summed E-state index contributed by atoms with van der Waals surface area (Å²) in [5.41, 5.74) is 1.85. The fourth-order valence-corrected chi connectivity index (χ4v) is 3.79. The Labute approximate surface area is 163 Å². The Morgan fingerprint density at radius 2 is 1.86 bits per heavy atom. The van der Waals surface area contributed by atoms with Crippen LogP contribution < -0.4 is 9.64 Å². The van der Waals surface area contributed by atoms with E-state index < -0.39 is 12.2 Å². The van der Waals surface area contributed by atoms with Crippen LogP contribution in [0.2, 0.25) is 0 Å². The molecule has 0 radical (unpaired) electrons. The predicted molar refractivity (Wildman–Crippen MR) is 103 cm³/mol. The number of amides is 3. The highest BCUT2D eigenvalue weighted by molar-refractivity contribution is 6.09. The number of nitrogens with zero attached hydrogens (tertiary/aromatic N) is 5. The maximum Gasteiger partial charge on any atom is 0.328 e. The van der Waals surface area contributed by atoms with Crippen molar-refractivity contribution in [2.45, 2.75) is 19.1 Å². The summed E-state index contributed by atoms with van der Waals surface area (Å²) in [5.74, 6) is 1.14. The number of methoxy groups -OCH3 is 2. The first-order valence-electron chi connectivity index (χ1n) is 9.03. The van der Waals surface area contributed by atoms with Gasteiger partial charge in [0.25, 0.3) is 5.91 Å². The van der Waals surface area contributed by atoms with Crippen LogP contribution in [-0.4, -0.2) is 79.2 Å². The standard InChI is InChI=1S/C19H23N5O4/c1-12-11-23-15-16(21(2)19(26)22(17(15)25)9-10-27-3)20-18(23)24(12)13-5-7-14(28-4)8-6-13/h5-8,11,15-16H,9-10H2,1-4H3. The van der Waals surface area contributed by atoms with Crippen molar-refractivity contribution < 1.29 is 19.1 Å². The number of carbonyl (C=O) groups excluding carboxylic acids is 2. The van der Waals surface area contributed by atoms with Gasteiger partial charge in [-0.2, -0.15) is 0 Å². The van der Waals surface area contributed by atoms with Crippen LogP contribution in [-0.2, 0) is 9.53 Å². The van der Waals surface area contributed by atoms with Crippen LogP contribution in [0.15, 0.2) is 41.2 Å². The number of likely N-dealkylation sites (N-methyl/N-ethyl adjacent to an activating group) is 1. The van der Waals surface area contributed by atoms with Crippen LogP contribution in [0, 0.1) is 0 Å². The summed E-state index contributed by atoms with van der Waals surface area (Å²) < 4.78 is 10.3. The van der Waals surface area contributed by atoms with Gasteiger partial charge < -0.3 is 19.3 Å². The van der Waals surface area contributed by atoms with Crippen LogP contribution >= 0.6 is 0 Å². The molecule has 1 aromatic carbocycles. The molecule has 28 heavy (non-hydrogen) atoms. The minimum atomic E-state index is -0.576. The Morgan fingerprint density at radius 3 is 2.50 bits per heavy atom. The number of rotatable bonds is 5. The van der Waals surface area contributed by atoms with Gasteiger partial charge in [0.15, 0.2) is 12.2 Å². The molecule has 0 N–H and O–H groups in total. The molecule has 0 bridgehead atoms. The summed E-state index contributed by atoms with van der Waals surface area (Å²) in [5, 5.41) is 0. The topological polar surface area (TPSA) is 77.9 Å². The minimum absolute atomic E-state index is 0.218. The highest BCUT2D eigenvalue weighted by Gasteiger charge is 2.54. The zero-order valence-electron chi connectivity index (χ0n) is 16.3. The van der Waals surface area contributed by atoms with Crippen LogP contribution in [0.1, 0.15) is 6.92 Å². The van der Waals surface area contributed by atoms with Crippen molar-refractivity contribution in [2.24, 2.45) is 4.99 Å². The van der Waals surface area contributed by atoms with Crippen molar-refractivity contribution in [3.8, 4) is 5.75 Å². The first-order valence-corrected chi connectivity index (χ1v) is 9.03. The van der Waals surface area contributed by atoms with Crippen molar-refractivity contribution in [1.29, 1.82) is 0 Å². The van der Waals surface area contributed by atoms with Crippen molar-refractivity contribution in [1.82, 2.24) is 14.7 Å². The summed E-state index contributed by atoms with van der Waals surface area (Å²) in [4.78, 5) is 37.0. The van der Waals surface area contributed by atoms with E-state index in [0.717, 1.165) is 17.1 Å². The third-order valence-electron chi connectivity index (χ3n) is 5.24. The van der Waals surface area contributed by atoms with Crippen LogP contribution in [0.4, 0.5) is 10.5 Å². The summed E-state index contributed by atoms with van der Waals surface area (Å²) >= 11 is 0. The van der Waals surface area contributed by atoms with Crippen LogP contribution in [0.3, 0.4) is 0 Å². The molecule has 1 saturated heterocycles. The SMILES string of the molecule is COCCN1C(=O)C2C(N=C3N(c4ccc(OC)cc4)C(C)=CN32)N(C)C1=O. The largest absolute Gasteiger partial charge is 0.497 e. The Hall–Kier alpha value is -3.07. The Balaban J connectivity index is 1.66. The molecular formula is C19H23N5O4. The fraction of sp³-hybridized carbons (Fsp3) is 0.421. The Bertz CT molecular complexity index is 866. The molecule has 2 atom stereocenters. The number of ether oxygens (including phenoxy) is 2. The lowest BCUT2D eigenvalue weighted by atomic mass is 10.1. The summed E-state index contributed by atoms with van der Waals surface area (Å²) in [6.07, 6.45) is 1.35. The number of allylic oxidation sites excluding steroid dienone is 1. The number of imide groups is 1. The monoisotopic (exact) mass is 385 g/mol. The van der Waals surface area contributed by atoms with Gasteiger partial charge >= 0.3 is 6.03 Å². The van der Waals surface area contributed by atoms with Gasteiger partial charge in [-0.3, -0.25) is 14.6 Å². The second-order valence-corrected chi connectivity index (χ2v) is 6.87. The molecule has 148 valence electrons. The first-order chi connectivity index (χ1) is 13.5. The van der Waals surface area contributed by atoms with E-state index in [1.165, 1.54) is 9.80 Å². The molecule has 1 aromatic rings. The molecule has 1 fully saturated rings. The Morgan fingerprint density at radius 1 is 1.14 bits per heavy atom. The zero-order valence-corrected chi connectivity index (χ0v) is 16.3. The van der Waals surface area contributed by atoms with E-state index in [1.807, 2.05) is 47.2 Å². The number of hydrogen-bond acceptors (Lipinski definition) is 7. The lowest BCUT2D eigenvalue weighted by molar-refractivity contribution is -0.137. The number of anilines is 1. The molecule has 3 aliphatic rings. The van der Waals surface area contributed by atoms with Crippen LogP contribution in [0.5, 0.6) is 5.75 Å². The lowest BCUT2D eigenvalue weighted by Crippen LogP contribution is -2.64. The lowest BCUT2D eigenvalue weighted by Gasteiger charge is -2.40. The van der Waals surface area contributed by atoms with Crippen molar-refractivity contribution in [2.75, 3.05) is 39.3 Å². The van der Waals surface area contributed by atoms with Gasteiger partial charge in [-0.15, -0.1) is 0 Å². The average molecular weight is 385 g/mol. The molecule has 9 nitrogen and oxygen atoms in total. The number of carbonyl (C=O) groups is 2. The molecule has 0 saturated carbocycles. The molecule has 9 heteroatoms. The van der Waals surface area contributed by atoms with Crippen LogP contribution in [0.25, 0.3) is 0 Å². The van der Waals surface area contributed by atoms with E-state index >= 15 is 0 Å². The highest BCUT2D eigenvalue weighted by atomic mass is 16.5. The number of fused-ring (bicyclic) bond motifs is 3. The van der Waals surface area contributed by atoms with Crippen molar-refractivity contribution >= 4 is 23.6 Å². The average Bonchev–Trinajstić information content (AvgIpc) is 3.21. The number of guanidine groups is 1. The number of benzene rings is 1. The van der Waals surface area contributed by atoms with Gasteiger partial charge in [0.05, 0.1) is 20.3 Å². The Kier molecular flexibility index (Phi) is 4.46. The smallest absolute Gasteiger partial charge is 0.328 e. The molecule has 0 aromatic heterocycles. The second kappa shape index (κ2) is 6.83. The molecule has 3 amide bonds. The van der Waals surface area contributed by atoms with Gasteiger partial charge in [0, 0.05) is 31.7 Å². The third kappa shape index (κ3) is 2.62. The number of hydrogen-bond donors (Lipinski definition) is 0. The second-order valence-electron chi connectivity index (χ2n) is 6.87. The minimum Gasteiger partial charge on any atom is -0.497 e. The fourth-order valence-electron chi connectivity index (χ4n) is 3.79. The normalized spacial score (nSPS) is 23.7. The summed E-state index contributed by atoms with van der Waals surface area (Å²) in [6.45, 7) is 2.48. The quantitative estimate of drug-likeness (QED) is 0.760. The summed E-state index contributed by atoms with van der Waals surface area (Å²) in [6, 6.07) is 6.69. The highest BCUT2D eigenvalue weighted by Crippen LogP contribution is 2.36. The van der Waals surface area contributed by atoms with E-state index in [0.29, 0.717) is 12.6 Å². The maximum atomic E-state index is 13.1. The molecular weight excluding hydrogens is 362 g/mol. The van der Waals surface area contributed by atoms with E-state index in [4.69, 9.17) is 14.5 Å². The molecule has 4 rings (SSSR count). The van der Waals surface area contributed by atoms with Gasteiger partial charge in [-0.1, -0.05) is 0 Å². The molecule has 0 spiro atoms. The molecule has 2 unspecified atom stereocenters. The molecule has 0 aliphatic carbocycles. The number of urea groups is 1. The zero-order chi connectivity index (χ0) is 20.0. The van der Waals surface area contributed by atoms with Crippen molar-refractivity contribution in [3.05, 3.63) is 36.2 Å². The van der Waals surface area contributed by atoms with E-state index in [9.17, 15) is 9.59 Å². The summed E-state index contributed by atoms with van der Waals surface area (Å²) in [7, 11) is 4.84. The maximum absolute atomic E-state index is 13.1. The van der Waals surface area contributed by atoms with Gasteiger partial charge in [0.2, 0.25) is 5.96 Å². The van der Waals surface area contributed by atoms with Crippen molar-refractivity contribution in [3.63, 3.8) is 0 Å². The van der Waals surface area contributed by atoms with Gasteiger partial charge in [-0.25, -0.2) is 9.79 Å². The van der Waals surface area contributed by atoms with E-state index in [-0.39, 0.29) is 18.5 Å². The van der Waals surface area contributed by atoms with Gasteiger partial charge in [0.1, 0.15) is 5.75 Å².